The number of hydrogen-bond acceptors (Lipinski definition) is 8. The second kappa shape index (κ2) is 15.8. The minimum atomic E-state index is -4.92. The maximum absolute atomic E-state index is 10.9. The molecule has 0 bridgehead atoms. The molecular weight excluding hydrogens is 472 g/mol. The Morgan fingerprint density at radius 1 is 0.618 bits per heavy atom. The van der Waals surface area contributed by atoms with E-state index in [2.05, 4.69) is 0 Å². The van der Waals surface area contributed by atoms with E-state index in [1.165, 1.54) is 0 Å². The van der Waals surface area contributed by atoms with Crippen LogP contribution >= 0.6 is 0 Å². The molecule has 0 amide bonds. The van der Waals surface area contributed by atoms with Gasteiger partial charge >= 0.3 is 11.9 Å². The van der Waals surface area contributed by atoms with Crippen LogP contribution in [-0.2, 0) is 10.1 Å². The number of aliphatic hydroxyl groups excluding tert-OH is 2. The fourth-order valence-corrected chi connectivity index (χ4v) is 2.87. The summed E-state index contributed by atoms with van der Waals surface area (Å²) in [5.41, 5.74) is -1.58. The lowest BCUT2D eigenvalue weighted by atomic mass is 10.1. The first-order chi connectivity index (χ1) is 15.9. The normalized spacial score (nSPS) is 9.62. The van der Waals surface area contributed by atoms with Crippen molar-refractivity contribution in [3.8, 4) is 11.5 Å². The molecular formula is C22H24O11S. The highest BCUT2D eigenvalue weighted by molar-refractivity contribution is 7.86. The number of rotatable bonds is 4. The standard InChI is InChI=1S/C8H6O7S.2C6H6O.C2H6O2/c9-7(10)4-2-1-3-5(8(11)12)6(4)16(13,14)15;2*7-6-4-2-1-3-5-6;3-1-2-4/h1-3H,(H,9,10)(H,11,12)(H,13,14,15);2*1-5,7H;3-4H,1-2H2. The maximum atomic E-state index is 10.9. The third-order valence-corrected chi connectivity index (χ3v) is 4.30. The zero-order valence-corrected chi connectivity index (χ0v) is 18.4. The van der Waals surface area contributed by atoms with E-state index in [0.29, 0.717) is 11.5 Å². The average molecular weight is 496 g/mol. The first-order valence-electron chi connectivity index (χ1n) is 9.22. The van der Waals surface area contributed by atoms with Gasteiger partial charge in [0.2, 0.25) is 0 Å². The molecule has 34 heavy (non-hydrogen) atoms. The summed E-state index contributed by atoms with van der Waals surface area (Å²) in [5, 5.41) is 49.8. The van der Waals surface area contributed by atoms with E-state index < -0.39 is 38.1 Å². The monoisotopic (exact) mass is 496 g/mol. The van der Waals surface area contributed by atoms with Crippen LogP contribution in [0.5, 0.6) is 11.5 Å². The third kappa shape index (κ3) is 12.2. The van der Waals surface area contributed by atoms with Crippen molar-refractivity contribution in [3.05, 3.63) is 90.0 Å². The van der Waals surface area contributed by atoms with Crippen molar-refractivity contribution in [1.29, 1.82) is 0 Å². The molecule has 3 aromatic rings. The van der Waals surface area contributed by atoms with Gasteiger partial charge in [0.05, 0.1) is 24.3 Å². The highest BCUT2D eigenvalue weighted by Gasteiger charge is 2.26. The second-order valence-corrected chi connectivity index (χ2v) is 7.24. The Kier molecular flexibility index (Phi) is 13.9. The summed E-state index contributed by atoms with van der Waals surface area (Å²) in [5.74, 6) is -2.64. The van der Waals surface area contributed by atoms with Gasteiger partial charge in [0.1, 0.15) is 16.4 Å². The van der Waals surface area contributed by atoms with Crippen LogP contribution in [0.25, 0.3) is 0 Å². The van der Waals surface area contributed by atoms with Gasteiger partial charge in [-0.1, -0.05) is 42.5 Å². The molecule has 0 spiro atoms. The zero-order chi connectivity index (χ0) is 26.1. The van der Waals surface area contributed by atoms with E-state index in [1.54, 1.807) is 48.5 Å². The predicted molar refractivity (Wildman–Crippen MR) is 121 cm³/mol. The van der Waals surface area contributed by atoms with Crippen molar-refractivity contribution in [2.75, 3.05) is 13.2 Å². The number of aromatic hydroxyl groups is 2. The van der Waals surface area contributed by atoms with Crippen LogP contribution in [0.1, 0.15) is 20.7 Å². The molecule has 0 heterocycles. The highest BCUT2D eigenvalue weighted by atomic mass is 32.2. The van der Waals surface area contributed by atoms with Crippen LogP contribution in [0, 0.1) is 0 Å². The van der Waals surface area contributed by atoms with E-state index in [-0.39, 0.29) is 13.2 Å². The molecule has 12 heteroatoms. The van der Waals surface area contributed by atoms with Gasteiger partial charge in [0.25, 0.3) is 10.1 Å². The summed E-state index contributed by atoms with van der Waals surface area (Å²) in [4.78, 5) is 20.2. The Bertz CT molecular complexity index is 1040. The predicted octanol–water partition coefficient (Wildman–Crippen LogP) is 2.09. The number of carboxylic acid groups (broad SMARTS) is 2. The first-order valence-corrected chi connectivity index (χ1v) is 10.7. The summed E-state index contributed by atoms with van der Waals surface area (Å²) >= 11 is 0. The van der Waals surface area contributed by atoms with Gasteiger partial charge in [-0.15, -0.1) is 0 Å². The third-order valence-electron chi connectivity index (χ3n) is 3.35. The van der Waals surface area contributed by atoms with Gasteiger partial charge in [0, 0.05) is 0 Å². The molecule has 3 rings (SSSR count). The van der Waals surface area contributed by atoms with Crippen LogP contribution in [0.4, 0.5) is 0 Å². The Morgan fingerprint density at radius 3 is 1.12 bits per heavy atom. The van der Waals surface area contributed by atoms with Gasteiger partial charge < -0.3 is 30.6 Å². The second-order valence-electron chi connectivity index (χ2n) is 5.89. The lowest BCUT2D eigenvalue weighted by Crippen LogP contribution is -2.14. The molecule has 0 aliphatic heterocycles. The summed E-state index contributed by atoms with van der Waals surface area (Å²) in [6, 6.07) is 20.3. The Balaban J connectivity index is 0.000000497. The fraction of sp³-hybridized carbons (Fsp3) is 0.0909. The van der Waals surface area contributed by atoms with Crippen LogP contribution in [-0.4, -0.2) is 68.8 Å². The van der Waals surface area contributed by atoms with Crippen molar-refractivity contribution < 1.29 is 53.2 Å². The van der Waals surface area contributed by atoms with E-state index in [1.807, 2.05) is 12.1 Å². The topological polar surface area (TPSA) is 210 Å². The van der Waals surface area contributed by atoms with Crippen molar-refractivity contribution >= 4 is 22.1 Å². The lowest BCUT2D eigenvalue weighted by Gasteiger charge is -2.05. The molecule has 0 saturated heterocycles. The van der Waals surface area contributed by atoms with Gasteiger partial charge in [-0.05, 0) is 36.4 Å². The number of phenols is 2. The molecule has 0 aromatic heterocycles. The van der Waals surface area contributed by atoms with Crippen molar-refractivity contribution in [2.45, 2.75) is 4.90 Å². The van der Waals surface area contributed by atoms with Crippen LogP contribution in [0.2, 0.25) is 0 Å². The van der Waals surface area contributed by atoms with Gasteiger partial charge in [-0.3, -0.25) is 4.55 Å². The molecule has 0 aliphatic carbocycles. The van der Waals surface area contributed by atoms with Crippen LogP contribution < -0.4 is 0 Å². The summed E-state index contributed by atoms with van der Waals surface area (Å²) in [6.45, 7) is -0.250. The number of carboxylic acids is 2. The molecule has 11 nitrogen and oxygen atoms in total. The van der Waals surface area contributed by atoms with E-state index >= 15 is 0 Å². The number of phenolic OH excluding ortho intramolecular Hbond substituents is 2. The van der Waals surface area contributed by atoms with Crippen LogP contribution in [0.15, 0.2) is 83.8 Å². The number of hydrogen-bond donors (Lipinski definition) is 7. The number of aliphatic hydroxyl groups is 2. The zero-order valence-electron chi connectivity index (χ0n) is 17.6. The molecule has 0 saturated carbocycles. The minimum absolute atomic E-state index is 0.125. The summed E-state index contributed by atoms with van der Waals surface area (Å²) < 4.78 is 30.6. The summed E-state index contributed by atoms with van der Waals surface area (Å²) in [6.07, 6.45) is 0. The van der Waals surface area contributed by atoms with E-state index in [9.17, 15) is 18.0 Å². The minimum Gasteiger partial charge on any atom is -0.508 e. The maximum Gasteiger partial charge on any atom is 0.337 e. The molecule has 0 atom stereocenters. The number of aromatic carboxylic acids is 2. The van der Waals surface area contributed by atoms with Crippen LogP contribution in [0.3, 0.4) is 0 Å². The Labute approximate surface area is 195 Å². The SMILES string of the molecule is O=C(O)c1cccc(C(=O)O)c1S(=O)(=O)O.OCCO.Oc1ccccc1.Oc1ccccc1. The number of para-hydroxylation sites is 2. The van der Waals surface area contributed by atoms with E-state index in [4.69, 9.17) is 35.2 Å². The fourth-order valence-electron chi connectivity index (χ4n) is 2.01. The smallest absolute Gasteiger partial charge is 0.337 e. The van der Waals surface area contributed by atoms with Gasteiger partial charge in [0.15, 0.2) is 0 Å². The summed E-state index contributed by atoms with van der Waals surface area (Å²) in [7, 11) is -4.92. The van der Waals surface area contributed by atoms with Crippen molar-refractivity contribution in [1.82, 2.24) is 0 Å². The molecule has 3 aromatic carbocycles. The van der Waals surface area contributed by atoms with Crippen molar-refractivity contribution in [3.63, 3.8) is 0 Å². The lowest BCUT2D eigenvalue weighted by molar-refractivity contribution is 0.0688. The molecule has 7 N–H and O–H groups in total. The Hall–Kier alpha value is -3.97. The van der Waals surface area contributed by atoms with Gasteiger partial charge in [-0.25, -0.2) is 9.59 Å². The number of benzene rings is 3. The molecule has 0 fully saturated rings. The van der Waals surface area contributed by atoms with E-state index in [0.717, 1.165) is 18.2 Å². The van der Waals surface area contributed by atoms with Gasteiger partial charge in [-0.2, -0.15) is 8.42 Å². The highest BCUT2D eigenvalue weighted by Crippen LogP contribution is 2.20. The average Bonchev–Trinajstić information content (AvgIpc) is 2.80. The molecule has 184 valence electrons. The quantitative estimate of drug-likeness (QED) is 0.260. The first kappa shape index (κ1) is 30.0. The molecule has 0 radical (unpaired) electrons. The van der Waals surface area contributed by atoms with Crippen molar-refractivity contribution in [2.24, 2.45) is 0 Å². The molecule has 0 aliphatic rings. The molecule has 0 unspecified atom stereocenters. The Morgan fingerprint density at radius 2 is 0.941 bits per heavy atom. The number of carbonyl (C=O) groups is 2. The largest absolute Gasteiger partial charge is 0.508 e.